The van der Waals surface area contributed by atoms with Gasteiger partial charge in [-0.1, -0.05) is 0 Å². The normalized spacial score (nSPS) is 15.7. The largest absolute Gasteiger partial charge is 0.389 e. The van der Waals surface area contributed by atoms with Crippen LogP contribution in [0, 0.1) is 0 Å². The van der Waals surface area contributed by atoms with Crippen LogP contribution in [-0.4, -0.2) is 42.5 Å². The Morgan fingerprint density at radius 1 is 1.46 bits per heavy atom. The fraction of sp³-hybridized carbons (Fsp3) is 1.00. The molecule has 0 aliphatic rings. The van der Waals surface area contributed by atoms with Gasteiger partial charge in [0.25, 0.3) is 0 Å². The van der Waals surface area contributed by atoms with Crippen molar-refractivity contribution in [2.45, 2.75) is 25.4 Å². The second-order valence-electron chi connectivity index (χ2n) is 3.41. The number of aliphatic hydroxyl groups is 1. The van der Waals surface area contributed by atoms with E-state index in [1.807, 2.05) is 11.8 Å². The third-order valence-corrected chi connectivity index (χ3v) is 2.93. The summed E-state index contributed by atoms with van der Waals surface area (Å²) in [5.41, 5.74) is 4.70. The van der Waals surface area contributed by atoms with E-state index in [2.05, 4.69) is 0 Å². The first kappa shape index (κ1) is 13.2. The van der Waals surface area contributed by atoms with Gasteiger partial charge in [-0.3, -0.25) is 0 Å². The summed E-state index contributed by atoms with van der Waals surface area (Å²) in [5.74, 6) is 2.06. The molecule has 0 amide bonds. The van der Waals surface area contributed by atoms with E-state index in [9.17, 15) is 5.11 Å². The first-order chi connectivity index (χ1) is 6.12. The summed E-state index contributed by atoms with van der Waals surface area (Å²) in [4.78, 5) is 0. The van der Waals surface area contributed by atoms with Crippen LogP contribution >= 0.6 is 11.8 Å². The van der Waals surface area contributed by atoms with Crippen LogP contribution in [0.25, 0.3) is 0 Å². The van der Waals surface area contributed by atoms with E-state index in [4.69, 9.17) is 10.5 Å². The lowest BCUT2D eigenvalue weighted by Crippen LogP contribution is -2.34. The Hall–Kier alpha value is 0.230. The molecule has 0 aromatic carbocycles. The molecule has 0 saturated carbocycles. The highest BCUT2D eigenvalue weighted by Gasteiger charge is 2.16. The summed E-state index contributed by atoms with van der Waals surface area (Å²) in [6, 6.07) is 0. The highest BCUT2D eigenvalue weighted by atomic mass is 32.2. The molecule has 13 heavy (non-hydrogen) atoms. The molecule has 0 spiro atoms. The first-order valence-corrected chi connectivity index (χ1v) is 5.77. The fourth-order valence-corrected chi connectivity index (χ4v) is 1.91. The van der Waals surface area contributed by atoms with Crippen LogP contribution in [0.5, 0.6) is 0 Å². The zero-order chi connectivity index (χ0) is 10.2. The van der Waals surface area contributed by atoms with E-state index in [0.717, 1.165) is 31.0 Å². The zero-order valence-corrected chi connectivity index (χ0v) is 9.40. The molecule has 0 aromatic heterocycles. The van der Waals surface area contributed by atoms with Crippen LogP contribution in [0.2, 0.25) is 0 Å². The Balaban J connectivity index is 3.16. The monoisotopic (exact) mass is 207 g/mol. The predicted molar refractivity (Wildman–Crippen MR) is 58.1 cm³/mol. The van der Waals surface area contributed by atoms with Gasteiger partial charge in [0, 0.05) is 20.3 Å². The van der Waals surface area contributed by atoms with Crippen LogP contribution in [0.1, 0.15) is 19.8 Å². The fourth-order valence-electron chi connectivity index (χ4n) is 0.801. The molecule has 0 rings (SSSR count). The van der Waals surface area contributed by atoms with Crippen molar-refractivity contribution in [3.63, 3.8) is 0 Å². The molecule has 0 aliphatic carbocycles. The number of rotatable bonds is 8. The lowest BCUT2D eigenvalue weighted by atomic mass is 10.1. The number of ether oxygens (including phenoxy) is 1. The number of hydrogen-bond acceptors (Lipinski definition) is 4. The third-order valence-electron chi connectivity index (χ3n) is 1.86. The van der Waals surface area contributed by atoms with E-state index < -0.39 is 5.60 Å². The quantitative estimate of drug-likeness (QED) is 0.580. The standard InChI is InChI=1S/C9H21NO2S/c1-9(11,8-10)4-7-13-6-3-5-12-2/h11H,3-8,10H2,1-2H3. The average Bonchev–Trinajstić information content (AvgIpc) is 2.11. The van der Waals surface area contributed by atoms with E-state index in [1.54, 1.807) is 14.0 Å². The molecule has 0 heterocycles. The number of hydrogen-bond donors (Lipinski definition) is 2. The number of nitrogens with two attached hydrogens (primary N) is 1. The molecular formula is C9H21NO2S. The van der Waals surface area contributed by atoms with E-state index in [-0.39, 0.29) is 0 Å². The van der Waals surface area contributed by atoms with E-state index >= 15 is 0 Å². The molecule has 0 saturated heterocycles. The number of thioether (sulfide) groups is 1. The maximum absolute atomic E-state index is 9.56. The van der Waals surface area contributed by atoms with Crippen LogP contribution in [0.4, 0.5) is 0 Å². The summed E-state index contributed by atoms with van der Waals surface area (Å²) in [6.45, 7) is 2.94. The van der Waals surface area contributed by atoms with Crippen molar-refractivity contribution in [2.75, 3.05) is 31.8 Å². The van der Waals surface area contributed by atoms with Gasteiger partial charge < -0.3 is 15.6 Å². The van der Waals surface area contributed by atoms with Gasteiger partial charge in [-0.15, -0.1) is 0 Å². The van der Waals surface area contributed by atoms with Crippen molar-refractivity contribution in [1.29, 1.82) is 0 Å². The Morgan fingerprint density at radius 2 is 2.15 bits per heavy atom. The minimum Gasteiger partial charge on any atom is -0.389 e. The lowest BCUT2D eigenvalue weighted by molar-refractivity contribution is 0.0665. The molecule has 3 N–H and O–H groups in total. The molecule has 0 aliphatic heterocycles. The maximum atomic E-state index is 9.56. The van der Waals surface area contributed by atoms with E-state index in [1.165, 1.54) is 0 Å². The molecule has 1 unspecified atom stereocenters. The Morgan fingerprint density at radius 3 is 2.69 bits per heavy atom. The zero-order valence-electron chi connectivity index (χ0n) is 8.58. The highest BCUT2D eigenvalue weighted by Crippen LogP contribution is 2.13. The van der Waals surface area contributed by atoms with Crippen molar-refractivity contribution >= 4 is 11.8 Å². The van der Waals surface area contributed by atoms with Crippen molar-refractivity contribution in [3.05, 3.63) is 0 Å². The minimum atomic E-state index is -0.686. The van der Waals surface area contributed by atoms with Gasteiger partial charge in [0.05, 0.1) is 5.60 Å². The SMILES string of the molecule is COCCCSCCC(C)(O)CN. The second kappa shape index (κ2) is 7.62. The molecule has 4 heteroatoms. The molecular weight excluding hydrogens is 186 g/mol. The summed E-state index contributed by atoms with van der Waals surface area (Å²) < 4.78 is 4.93. The summed E-state index contributed by atoms with van der Waals surface area (Å²) in [5, 5.41) is 9.56. The topological polar surface area (TPSA) is 55.5 Å². The van der Waals surface area contributed by atoms with Gasteiger partial charge in [0.2, 0.25) is 0 Å². The smallest absolute Gasteiger partial charge is 0.0749 e. The molecule has 1 atom stereocenters. The van der Waals surface area contributed by atoms with Gasteiger partial charge in [0.15, 0.2) is 0 Å². The highest BCUT2D eigenvalue weighted by molar-refractivity contribution is 7.99. The third kappa shape index (κ3) is 8.56. The van der Waals surface area contributed by atoms with E-state index in [0.29, 0.717) is 6.54 Å². The Kier molecular flexibility index (Phi) is 7.75. The number of methoxy groups -OCH3 is 1. The van der Waals surface area contributed by atoms with Crippen LogP contribution in [0.3, 0.4) is 0 Å². The maximum Gasteiger partial charge on any atom is 0.0749 e. The molecule has 3 nitrogen and oxygen atoms in total. The van der Waals surface area contributed by atoms with Gasteiger partial charge in [0.1, 0.15) is 0 Å². The molecule has 0 radical (unpaired) electrons. The van der Waals surface area contributed by atoms with Crippen molar-refractivity contribution in [2.24, 2.45) is 5.73 Å². The molecule has 0 bridgehead atoms. The predicted octanol–water partition coefficient (Wildman–Crippen LogP) is 0.856. The molecule has 0 fully saturated rings. The lowest BCUT2D eigenvalue weighted by Gasteiger charge is -2.20. The molecule has 0 aromatic rings. The van der Waals surface area contributed by atoms with Crippen molar-refractivity contribution < 1.29 is 9.84 Å². The first-order valence-electron chi connectivity index (χ1n) is 4.61. The van der Waals surface area contributed by atoms with Gasteiger partial charge in [-0.2, -0.15) is 11.8 Å². The summed E-state index contributed by atoms with van der Waals surface area (Å²) >= 11 is 1.84. The van der Waals surface area contributed by atoms with Gasteiger partial charge in [-0.25, -0.2) is 0 Å². The van der Waals surface area contributed by atoms with Crippen molar-refractivity contribution in [1.82, 2.24) is 0 Å². The summed E-state index contributed by atoms with van der Waals surface area (Å²) in [6.07, 6.45) is 1.84. The second-order valence-corrected chi connectivity index (χ2v) is 4.63. The van der Waals surface area contributed by atoms with Crippen LogP contribution in [0.15, 0.2) is 0 Å². The average molecular weight is 207 g/mol. The Bertz CT molecular complexity index is 120. The minimum absolute atomic E-state index is 0.339. The Labute approximate surface area is 85.0 Å². The molecule has 80 valence electrons. The van der Waals surface area contributed by atoms with Crippen LogP contribution in [-0.2, 0) is 4.74 Å². The van der Waals surface area contributed by atoms with Crippen LogP contribution < -0.4 is 5.73 Å². The summed E-state index contributed by atoms with van der Waals surface area (Å²) in [7, 11) is 1.71. The van der Waals surface area contributed by atoms with Gasteiger partial charge >= 0.3 is 0 Å². The van der Waals surface area contributed by atoms with Crippen molar-refractivity contribution in [3.8, 4) is 0 Å². The van der Waals surface area contributed by atoms with Gasteiger partial charge in [-0.05, 0) is 31.3 Å².